The SMILES string of the molecule is CC.CCOC(=O)CCN1CCCc2c(OCC/C(N)=C(\C)OCc3ccc(C)cc3)cccc21. The first kappa shape index (κ1) is 28.1. The van der Waals surface area contributed by atoms with Crippen molar-refractivity contribution >= 4 is 11.7 Å². The van der Waals surface area contributed by atoms with E-state index in [1.54, 1.807) is 0 Å². The molecule has 0 fully saturated rings. The van der Waals surface area contributed by atoms with Crippen LogP contribution in [0.2, 0.25) is 0 Å². The lowest BCUT2D eigenvalue weighted by Crippen LogP contribution is -2.32. The fourth-order valence-corrected chi connectivity index (χ4v) is 3.91. The highest BCUT2D eigenvalue weighted by molar-refractivity contribution is 5.70. The summed E-state index contributed by atoms with van der Waals surface area (Å²) in [6.07, 6.45) is 2.98. The van der Waals surface area contributed by atoms with E-state index in [0.717, 1.165) is 42.1 Å². The summed E-state index contributed by atoms with van der Waals surface area (Å²) in [7, 11) is 0. The van der Waals surface area contributed by atoms with Crippen molar-refractivity contribution in [3.63, 3.8) is 0 Å². The Morgan fingerprint density at radius 2 is 1.80 bits per heavy atom. The van der Waals surface area contributed by atoms with E-state index in [0.29, 0.717) is 44.9 Å². The van der Waals surface area contributed by atoms with Gasteiger partial charge in [0.1, 0.15) is 18.1 Å². The number of benzene rings is 2. The van der Waals surface area contributed by atoms with Crippen LogP contribution in [0.4, 0.5) is 5.69 Å². The predicted molar refractivity (Wildman–Crippen MR) is 143 cm³/mol. The van der Waals surface area contributed by atoms with Gasteiger partial charge in [-0.1, -0.05) is 49.7 Å². The van der Waals surface area contributed by atoms with Gasteiger partial charge in [0.25, 0.3) is 0 Å². The average Bonchev–Trinajstić information content (AvgIpc) is 2.88. The van der Waals surface area contributed by atoms with E-state index in [1.165, 1.54) is 11.1 Å². The monoisotopic (exact) mass is 482 g/mol. The summed E-state index contributed by atoms with van der Waals surface area (Å²) < 4.78 is 17.1. The van der Waals surface area contributed by atoms with Crippen LogP contribution >= 0.6 is 0 Å². The number of ether oxygens (including phenoxy) is 3. The topological polar surface area (TPSA) is 74.0 Å². The normalized spacial score (nSPS) is 13.1. The van der Waals surface area contributed by atoms with Gasteiger partial charge in [-0.15, -0.1) is 0 Å². The number of hydrogen-bond acceptors (Lipinski definition) is 6. The molecule has 0 atom stereocenters. The van der Waals surface area contributed by atoms with Crippen LogP contribution in [0.3, 0.4) is 0 Å². The molecule has 35 heavy (non-hydrogen) atoms. The Labute approximate surface area is 211 Å². The Morgan fingerprint density at radius 1 is 1.06 bits per heavy atom. The lowest BCUT2D eigenvalue weighted by atomic mass is 10.0. The van der Waals surface area contributed by atoms with Crippen LogP contribution in [0, 0.1) is 6.92 Å². The number of anilines is 1. The number of fused-ring (bicyclic) bond motifs is 1. The first-order chi connectivity index (χ1) is 17.0. The van der Waals surface area contributed by atoms with Gasteiger partial charge in [-0.05, 0) is 51.3 Å². The second kappa shape index (κ2) is 15.0. The minimum absolute atomic E-state index is 0.153. The molecule has 2 N–H and O–H groups in total. The molecule has 3 rings (SSSR count). The largest absolute Gasteiger partial charge is 0.493 e. The smallest absolute Gasteiger partial charge is 0.307 e. The van der Waals surface area contributed by atoms with Crippen molar-refractivity contribution in [3.8, 4) is 5.75 Å². The molecule has 2 aromatic carbocycles. The van der Waals surface area contributed by atoms with Crippen molar-refractivity contribution < 1.29 is 19.0 Å². The number of aryl methyl sites for hydroxylation is 1. The number of hydrogen-bond donors (Lipinski definition) is 1. The molecule has 6 nitrogen and oxygen atoms in total. The Balaban J connectivity index is 0.00000210. The summed E-state index contributed by atoms with van der Waals surface area (Å²) in [5.74, 6) is 1.47. The van der Waals surface area contributed by atoms with E-state index in [9.17, 15) is 4.79 Å². The van der Waals surface area contributed by atoms with Crippen LogP contribution in [-0.2, 0) is 27.3 Å². The number of esters is 1. The quantitative estimate of drug-likeness (QED) is 0.317. The number of nitrogens with zero attached hydrogens (tertiary/aromatic N) is 1. The maximum absolute atomic E-state index is 11.8. The molecule has 0 unspecified atom stereocenters. The molecule has 0 spiro atoms. The molecule has 0 aromatic heterocycles. The lowest BCUT2D eigenvalue weighted by molar-refractivity contribution is -0.142. The molecule has 0 aliphatic carbocycles. The number of rotatable bonds is 11. The minimum atomic E-state index is -0.153. The fraction of sp³-hybridized carbons (Fsp3) is 0.483. The van der Waals surface area contributed by atoms with Crippen LogP contribution < -0.4 is 15.4 Å². The van der Waals surface area contributed by atoms with Gasteiger partial charge >= 0.3 is 5.97 Å². The van der Waals surface area contributed by atoms with E-state index in [4.69, 9.17) is 19.9 Å². The maximum Gasteiger partial charge on any atom is 0.307 e. The molecule has 1 aliphatic heterocycles. The predicted octanol–water partition coefficient (Wildman–Crippen LogP) is 5.90. The molecular formula is C29H42N2O4. The number of carbonyl (C=O) groups is 1. The Morgan fingerprint density at radius 3 is 2.51 bits per heavy atom. The first-order valence-corrected chi connectivity index (χ1v) is 12.8. The van der Waals surface area contributed by atoms with Crippen LogP contribution in [0.1, 0.15) is 63.6 Å². The van der Waals surface area contributed by atoms with Gasteiger partial charge in [0.15, 0.2) is 0 Å². The first-order valence-electron chi connectivity index (χ1n) is 12.8. The summed E-state index contributed by atoms with van der Waals surface area (Å²) >= 11 is 0. The summed E-state index contributed by atoms with van der Waals surface area (Å²) in [6, 6.07) is 14.4. The van der Waals surface area contributed by atoms with Gasteiger partial charge in [0, 0.05) is 36.5 Å². The van der Waals surface area contributed by atoms with Gasteiger partial charge < -0.3 is 24.8 Å². The molecule has 0 saturated heterocycles. The van der Waals surface area contributed by atoms with Crippen molar-refractivity contribution in [1.82, 2.24) is 0 Å². The van der Waals surface area contributed by atoms with Gasteiger partial charge in [0.05, 0.1) is 19.6 Å². The second-order valence-electron chi connectivity index (χ2n) is 8.35. The molecule has 0 bridgehead atoms. The molecule has 1 aliphatic rings. The van der Waals surface area contributed by atoms with Crippen LogP contribution in [0.25, 0.3) is 0 Å². The van der Waals surface area contributed by atoms with Crippen LogP contribution in [-0.4, -0.2) is 32.3 Å². The summed E-state index contributed by atoms with van der Waals surface area (Å²) in [5, 5.41) is 0. The van der Waals surface area contributed by atoms with Gasteiger partial charge in [-0.2, -0.15) is 0 Å². The zero-order valence-electron chi connectivity index (χ0n) is 22.1. The van der Waals surface area contributed by atoms with Crippen molar-refractivity contribution in [2.45, 2.75) is 66.9 Å². The van der Waals surface area contributed by atoms with Crippen molar-refractivity contribution in [3.05, 3.63) is 70.6 Å². The third-order valence-corrected chi connectivity index (χ3v) is 5.85. The molecule has 1 heterocycles. The Bertz CT molecular complexity index is 954. The second-order valence-corrected chi connectivity index (χ2v) is 8.35. The highest BCUT2D eigenvalue weighted by atomic mass is 16.5. The third-order valence-electron chi connectivity index (χ3n) is 5.85. The molecule has 2 aromatic rings. The number of carbonyl (C=O) groups excluding carboxylic acids is 1. The fourth-order valence-electron chi connectivity index (χ4n) is 3.91. The Hall–Kier alpha value is -3.15. The Kier molecular flexibility index (Phi) is 12.0. The van der Waals surface area contributed by atoms with Crippen molar-refractivity contribution in [2.24, 2.45) is 5.73 Å². The molecule has 0 amide bonds. The number of nitrogens with two attached hydrogens (primary N) is 1. The summed E-state index contributed by atoms with van der Waals surface area (Å²) in [4.78, 5) is 14.0. The van der Waals surface area contributed by atoms with Crippen molar-refractivity contribution in [2.75, 3.05) is 31.2 Å². The highest BCUT2D eigenvalue weighted by Gasteiger charge is 2.21. The van der Waals surface area contributed by atoms with Crippen LogP contribution in [0.15, 0.2) is 53.9 Å². The molecule has 192 valence electrons. The highest BCUT2D eigenvalue weighted by Crippen LogP contribution is 2.34. The third kappa shape index (κ3) is 8.85. The lowest BCUT2D eigenvalue weighted by Gasteiger charge is -2.32. The summed E-state index contributed by atoms with van der Waals surface area (Å²) in [6.45, 7) is 12.8. The zero-order valence-corrected chi connectivity index (χ0v) is 22.1. The van der Waals surface area contributed by atoms with E-state index in [1.807, 2.05) is 39.8 Å². The van der Waals surface area contributed by atoms with Gasteiger partial charge in [-0.25, -0.2) is 0 Å². The van der Waals surface area contributed by atoms with E-state index >= 15 is 0 Å². The zero-order chi connectivity index (χ0) is 25.6. The average molecular weight is 483 g/mol. The number of allylic oxidation sites excluding steroid dienone is 1. The van der Waals surface area contributed by atoms with Crippen LogP contribution in [0.5, 0.6) is 5.75 Å². The molecule has 0 saturated carbocycles. The molecule has 6 heteroatoms. The maximum atomic E-state index is 11.8. The van der Waals surface area contributed by atoms with E-state index in [2.05, 4.69) is 42.2 Å². The molecule has 0 radical (unpaired) electrons. The van der Waals surface area contributed by atoms with E-state index in [-0.39, 0.29) is 5.97 Å². The molecular weight excluding hydrogens is 440 g/mol. The summed E-state index contributed by atoms with van der Waals surface area (Å²) in [5.41, 5.74) is 11.6. The minimum Gasteiger partial charge on any atom is -0.493 e. The van der Waals surface area contributed by atoms with Gasteiger partial charge in [-0.3, -0.25) is 4.79 Å². The van der Waals surface area contributed by atoms with Crippen molar-refractivity contribution in [1.29, 1.82) is 0 Å². The van der Waals surface area contributed by atoms with E-state index < -0.39 is 0 Å². The standard InChI is InChI=1S/C27H36N2O4.C2H6/c1-4-31-27(30)14-17-29-16-6-7-23-25(29)8-5-9-26(23)32-18-15-24(28)21(3)33-19-22-12-10-20(2)11-13-22;1-2/h5,8-13H,4,6-7,14-19,28H2,1-3H3;1-2H3/b24-21-;. The van der Waals surface area contributed by atoms with Gasteiger partial charge in [0.2, 0.25) is 0 Å².